The first-order valence-corrected chi connectivity index (χ1v) is 10.5. The molecule has 0 unspecified atom stereocenters. The Bertz CT molecular complexity index is 980. The van der Waals surface area contributed by atoms with Crippen molar-refractivity contribution in [2.75, 3.05) is 12.4 Å². The zero-order chi connectivity index (χ0) is 22.6. The quantitative estimate of drug-likeness (QED) is 0.679. The minimum absolute atomic E-state index is 0.146. The summed E-state index contributed by atoms with van der Waals surface area (Å²) < 4.78 is 25.4. The Labute approximate surface area is 183 Å². The fourth-order valence-corrected chi connectivity index (χ4v) is 3.73. The first-order chi connectivity index (χ1) is 14.7. The molecule has 0 amide bonds. The molecule has 1 fully saturated rings. The van der Waals surface area contributed by atoms with E-state index < -0.39 is 5.79 Å². The number of hydrogen-bond donors (Lipinski definition) is 1. The van der Waals surface area contributed by atoms with E-state index in [0.717, 1.165) is 22.5 Å². The van der Waals surface area contributed by atoms with E-state index in [1.165, 1.54) is 12.1 Å². The molecule has 3 rings (SSSR count). The van der Waals surface area contributed by atoms with Crippen molar-refractivity contribution in [1.82, 2.24) is 9.97 Å². The minimum Gasteiger partial charge on any atom is -0.357 e. The average Bonchev–Trinajstić information content (AvgIpc) is 2.71. The molecule has 0 spiro atoms. The largest absolute Gasteiger partial charge is 0.357 e. The van der Waals surface area contributed by atoms with Crippen molar-refractivity contribution in [3.8, 4) is 17.3 Å². The van der Waals surface area contributed by atoms with Gasteiger partial charge in [0.15, 0.2) is 5.79 Å². The predicted molar refractivity (Wildman–Crippen MR) is 119 cm³/mol. The zero-order valence-electron chi connectivity index (χ0n) is 18.6. The minimum atomic E-state index is -0.776. The molecule has 1 aliphatic heterocycles. The molecule has 0 bridgehead atoms. The van der Waals surface area contributed by atoms with Crippen LogP contribution in [0.25, 0.3) is 17.3 Å². The highest BCUT2D eigenvalue weighted by Crippen LogP contribution is 2.33. The number of rotatable bonds is 6. The van der Waals surface area contributed by atoms with Crippen molar-refractivity contribution in [3.63, 3.8) is 0 Å². The van der Waals surface area contributed by atoms with Crippen LogP contribution in [0.15, 0.2) is 30.3 Å². The lowest BCUT2D eigenvalue weighted by atomic mass is 9.97. The van der Waals surface area contributed by atoms with Gasteiger partial charge in [-0.15, -0.1) is 0 Å². The summed E-state index contributed by atoms with van der Waals surface area (Å²) >= 11 is 0. The molecule has 0 saturated carbocycles. The van der Waals surface area contributed by atoms with Crippen LogP contribution in [0, 0.1) is 17.1 Å². The third-order valence-electron chi connectivity index (χ3n) is 5.04. The van der Waals surface area contributed by atoms with E-state index in [9.17, 15) is 4.39 Å². The zero-order valence-corrected chi connectivity index (χ0v) is 18.6. The Hall–Kier alpha value is -2.82. The molecule has 6 nitrogen and oxygen atoms in total. The molecular weight excluding hydrogens is 395 g/mol. The van der Waals surface area contributed by atoms with Crippen LogP contribution in [0.2, 0.25) is 0 Å². The molecule has 7 heteroatoms. The highest BCUT2D eigenvalue weighted by atomic mass is 19.1. The molecule has 1 N–H and O–H groups in total. The van der Waals surface area contributed by atoms with Crippen LogP contribution < -0.4 is 5.32 Å². The maximum Gasteiger partial charge on any atom is 0.223 e. The van der Waals surface area contributed by atoms with Gasteiger partial charge in [0, 0.05) is 24.6 Å². The third-order valence-corrected chi connectivity index (χ3v) is 5.04. The van der Waals surface area contributed by atoms with Gasteiger partial charge in [0.2, 0.25) is 5.95 Å². The van der Waals surface area contributed by atoms with Crippen LogP contribution in [0.4, 0.5) is 10.3 Å². The molecule has 1 aromatic heterocycles. The Morgan fingerprint density at radius 3 is 2.58 bits per heavy atom. The molecular formula is C24H29FN4O2. The number of halogens is 1. The van der Waals surface area contributed by atoms with Crippen LogP contribution in [-0.4, -0.2) is 35.0 Å². The monoisotopic (exact) mass is 424 g/mol. The lowest BCUT2D eigenvalue weighted by Crippen LogP contribution is -2.43. The van der Waals surface area contributed by atoms with Crippen molar-refractivity contribution >= 4 is 12.0 Å². The van der Waals surface area contributed by atoms with Gasteiger partial charge in [-0.2, -0.15) is 5.26 Å². The summed E-state index contributed by atoms with van der Waals surface area (Å²) in [6, 6.07) is 8.47. The fraction of sp³-hybridized carbons (Fsp3) is 0.458. The molecule has 31 heavy (non-hydrogen) atoms. The standard InChI is InChI=1S/C24H29FN4O2/c1-15(2)21-20(11-10-18-14-19(12-13-26)31-24(3,4)30-18)22(29-23(27-5)28-21)16-6-8-17(25)9-7-16/h6-11,15,18-19H,12,14H2,1-5H3,(H,27,28,29)/b11-10+/t18-,19+/m1/s1. The number of anilines is 1. The highest BCUT2D eigenvalue weighted by molar-refractivity contribution is 5.74. The highest BCUT2D eigenvalue weighted by Gasteiger charge is 2.34. The molecule has 0 radical (unpaired) electrons. The number of hydrogen-bond acceptors (Lipinski definition) is 6. The van der Waals surface area contributed by atoms with Gasteiger partial charge in [-0.05, 0) is 44.0 Å². The Balaban J connectivity index is 2.04. The van der Waals surface area contributed by atoms with Crippen LogP contribution in [0.3, 0.4) is 0 Å². The summed E-state index contributed by atoms with van der Waals surface area (Å²) in [6.45, 7) is 7.85. The van der Waals surface area contributed by atoms with Crippen molar-refractivity contribution < 1.29 is 13.9 Å². The first-order valence-electron chi connectivity index (χ1n) is 10.5. The predicted octanol–water partition coefficient (Wildman–Crippen LogP) is 5.28. The Morgan fingerprint density at radius 2 is 1.97 bits per heavy atom. The first kappa shape index (κ1) is 22.9. The van der Waals surface area contributed by atoms with E-state index in [2.05, 4.69) is 35.2 Å². The molecule has 2 aromatic rings. The molecule has 2 atom stereocenters. The molecule has 2 heterocycles. The van der Waals surface area contributed by atoms with Crippen LogP contribution in [0.1, 0.15) is 57.7 Å². The van der Waals surface area contributed by atoms with E-state index >= 15 is 0 Å². The van der Waals surface area contributed by atoms with Crippen molar-refractivity contribution in [2.24, 2.45) is 0 Å². The second kappa shape index (κ2) is 9.54. The number of nitriles is 1. The van der Waals surface area contributed by atoms with Gasteiger partial charge < -0.3 is 14.8 Å². The van der Waals surface area contributed by atoms with Gasteiger partial charge in [-0.3, -0.25) is 0 Å². The van der Waals surface area contributed by atoms with E-state index in [1.54, 1.807) is 19.2 Å². The van der Waals surface area contributed by atoms with E-state index in [0.29, 0.717) is 18.8 Å². The Morgan fingerprint density at radius 1 is 1.26 bits per heavy atom. The Kier molecular flexibility index (Phi) is 7.04. The van der Waals surface area contributed by atoms with Gasteiger partial charge in [0.05, 0.1) is 36.1 Å². The SMILES string of the molecule is CNc1nc(-c2ccc(F)cc2)c(/C=C/[C@@H]2C[C@H](CC#N)OC(C)(C)O2)c(C(C)C)n1. The van der Waals surface area contributed by atoms with Crippen LogP contribution in [-0.2, 0) is 9.47 Å². The molecule has 0 aliphatic carbocycles. The van der Waals surface area contributed by atoms with Crippen LogP contribution >= 0.6 is 0 Å². The maximum atomic E-state index is 13.5. The van der Waals surface area contributed by atoms with Gasteiger partial charge in [-0.1, -0.05) is 26.0 Å². The van der Waals surface area contributed by atoms with E-state index in [1.807, 2.05) is 26.0 Å². The summed E-state index contributed by atoms with van der Waals surface area (Å²) in [5.41, 5.74) is 3.27. The van der Waals surface area contributed by atoms with Gasteiger partial charge in [0.25, 0.3) is 0 Å². The van der Waals surface area contributed by atoms with E-state index in [-0.39, 0.29) is 23.9 Å². The second-order valence-electron chi connectivity index (χ2n) is 8.36. The fourth-order valence-electron chi connectivity index (χ4n) is 3.73. The van der Waals surface area contributed by atoms with Gasteiger partial charge in [-0.25, -0.2) is 14.4 Å². The number of benzene rings is 1. The molecule has 1 aromatic carbocycles. The number of ether oxygens (including phenoxy) is 2. The van der Waals surface area contributed by atoms with Gasteiger partial charge in [0.1, 0.15) is 5.82 Å². The molecule has 1 saturated heterocycles. The lowest BCUT2D eigenvalue weighted by molar-refractivity contribution is -0.288. The summed E-state index contributed by atoms with van der Waals surface area (Å²) in [6.07, 6.45) is 4.45. The summed E-state index contributed by atoms with van der Waals surface area (Å²) in [5, 5.41) is 12.1. The molecule has 164 valence electrons. The van der Waals surface area contributed by atoms with Crippen molar-refractivity contribution in [3.05, 3.63) is 47.4 Å². The van der Waals surface area contributed by atoms with Crippen molar-refractivity contribution in [1.29, 1.82) is 5.26 Å². The third kappa shape index (κ3) is 5.66. The second-order valence-corrected chi connectivity index (χ2v) is 8.36. The summed E-state index contributed by atoms with van der Waals surface area (Å²) in [7, 11) is 1.77. The summed E-state index contributed by atoms with van der Waals surface area (Å²) in [5.74, 6) is -0.415. The topological polar surface area (TPSA) is 80.1 Å². The maximum absolute atomic E-state index is 13.5. The number of nitrogens with zero attached hydrogens (tertiary/aromatic N) is 3. The molecule has 1 aliphatic rings. The van der Waals surface area contributed by atoms with E-state index in [4.69, 9.17) is 14.7 Å². The van der Waals surface area contributed by atoms with Crippen molar-refractivity contribution in [2.45, 2.75) is 64.4 Å². The van der Waals surface area contributed by atoms with Gasteiger partial charge >= 0.3 is 0 Å². The number of aromatic nitrogens is 2. The average molecular weight is 425 g/mol. The van der Waals surface area contributed by atoms with Crippen LogP contribution in [0.5, 0.6) is 0 Å². The smallest absolute Gasteiger partial charge is 0.223 e. The summed E-state index contributed by atoms with van der Waals surface area (Å²) in [4.78, 5) is 9.34. The number of nitrogens with one attached hydrogen (secondary N) is 1. The normalized spacial score (nSPS) is 20.7. The lowest BCUT2D eigenvalue weighted by Gasteiger charge is -2.39.